The summed E-state index contributed by atoms with van der Waals surface area (Å²) in [6.07, 6.45) is 0.878. The van der Waals surface area contributed by atoms with E-state index in [1.165, 1.54) is 6.07 Å². The first-order valence-corrected chi connectivity index (χ1v) is 8.46. The average molecular weight is 343 g/mol. The highest BCUT2D eigenvalue weighted by atomic mass is 19.1. The molecule has 25 heavy (non-hydrogen) atoms. The summed E-state index contributed by atoms with van der Waals surface area (Å²) in [6.45, 7) is 5.42. The number of nitrogens with zero attached hydrogens (tertiary/aromatic N) is 3. The molecule has 0 saturated carbocycles. The zero-order valence-electron chi connectivity index (χ0n) is 14.3. The number of pyridine rings is 1. The number of aromatic nitrogens is 1. The SMILES string of the molecule is Cc1ccc(C(=O)O)c(N2CCCN(Cc3ccccc3F)CC2)n1. The molecule has 1 aromatic carbocycles. The Kier molecular flexibility index (Phi) is 5.28. The Balaban J connectivity index is 1.73. The smallest absolute Gasteiger partial charge is 0.339 e. The van der Waals surface area contributed by atoms with Crippen LogP contribution in [0.3, 0.4) is 0 Å². The Hall–Kier alpha value is -2.47. The first-order chi connectivity index (χ1) is 12.0. The van der Waals surface area contributed by atoms with Crippen LogP contribution in [-0.4, -0.2) is 47.1 Å². The number of carboxylic acids is 1. The molecule has 1 aromatic heterocycles. The number of aromatic carboxylic acids is 1. The molecule has 1 saturated heterocycles. The van der Waals surface area contributed by atoms with Crippen molar-refractivity contribution in [1.82, 2.24) is 9.88 Å². The van der Waals surface area contributed by atoms with Crippen LogP contribution in [0.25, 0.3) is 0 Å². The van der Waals surface area contributed by atoms with E-state index in [0.717, 1.165) is 31.7 Å². The number of rotatable bonds is 4. The highest BCUT2D eigenvalue weighted by Gasteiger charge is 2.21. The summed E-state index contributed by atoms with van der Waals surface area (Å²) in [5.74, 6) is -0.618. The van der Waals surface area contributed by atoms with E-state index in [1.807, 2.05) is 24.0 Å². The summed E-state index contributed by atoms with van der Waals surface area (Å²) < 4.78 is 13.9. The fourth-order valence-corrected chi connectivity index (χ4v) is 3.16. The predicted molar refractivity (Wildman–Crippen MR) is 94.4 cm³/mol. The lowest BCUT2D eigenvalue weighted by Crippen LogP contribution is -2.32. The molecule has 1 fully saturated rings. The summed E-state index contributed by atoms with van der Waals surface area (Å²) >= 11 is 0. The molecule has 1 aliphatic rings. The van der Waals surface area contributed by atoms with Crippen molar-refractivity contribution in [2.75, 3.05) is 31.1 Å². The predicted octanol–water partition coefficient (Wildman–Crippen LogP) is 2.94. The summed E-state index contributed by atoms with van der Waals surface area (Å²) in [4.78, 5) is 20.2. The molecule has 0 aliphatic carbocycles. The first-order valence-electron chi connectivity index (χ1n) is 8.46. The third-order valence-electron chi connectivity index (χ3n) is 4.48. The number of hydrogen-bond acceptors (Lipinski definition) is 4. The van der Waals surface area contributed by atoms with E-state index in [-0.39, 0.29) is 11.4 Å². The zero-order valence-corrected chi connectivity index (χ0v) is 14.3. The minimum absolute atomic E-state index is 0.183. The lowest BCUT2D eigenvalue weighted by atomic mass is 10.2. The fourth-order valence-electron chi connectivity index (χ4n) is 3.16. The second kappa shape index (κ2) is 7.61. The molecule has 1 aliphatic heterocycles. The van der Waals surface area contributed by atoms with Crippen molar-refractivity contribution in [1.29, 1.82) is 0 Å². The van der Waals surface area contributed by atoms with Crippen LogP contribution in [0.1, 0.15) is 28.0 Å². The van der Waals surface area contributed by atoms with Gasteiger partial charge in [-0.25, -0.2) is 14.2 Å². The van der Waals surface area contributed by atoms with E-state index < -0.39 is 5.97 Å². The van der Waals surface area contributed by atoms with Gasteiger partial charge < -0.3 is 10.0 Å². The molecule has 0 radical (unpaired) electrons. The van der Waals surface area contributed by atoms with E-state index in [4.69, 9.17) is 0 Å². The van der Waals surface area contributed by atoms with Gasteiger partial charge >= 0.3 is 5.97 Å². The zero-order chi connectivity index (χ0) is 17.8. The van der Waals surface area contributed by atoms with E-state index in [2.05, 4.69) is 9.88 Å². The van der Waals surface area contributed by atoms with Crippen LogP contribution in [-0.2, 0) is 6.54 Å². The minimum Gasteiger partial charge on any atom is -0.478 e. The second-order valence-corrected chi connectivity index (χ2v) is 6.34. The molecule has 0 spiro atoms. The molecule has 0 unspecified atom stereocenters. The molecular formula is C19H22FN3O2. The summed E-state index contributed by atoms with van der Waals surface area (Å²) in [5, 5.41) is 9.42. The normalized spacial score (nSPS) is 15.8. The third kappa shape index (κ3) is 4.14. The number of halogens is 1. The molecule has 6 heteroatoms. The number of hydrogen-bond donors (Lipinski definition) is 1. The average Bonchev–Trinajstić information content (AvgIpc) is 2.82. The molecule has 132 valence electrons. The molecule has 1 N–H and O–H groups in total. The van der Waals surface area contributed by atoms with E-state index in [1.54, 1.807) is 18.2 Å². The van der Waals surface area contributed by atoms with Gasteiger partial charge in [-0.15, -0.1) is 0 Å². The van der Waals surface area contributed by atoms with Gasteiger partial charge in [-0.05, 0) is 31.5 Å². The molecule has 0 bridgehead atoms. The number of benzene rings is 1. The largest absolute Gasteiger partial charge is 0.478 e. The van der Waals surface area contributed by atoms with E-state index in [0.29, 0.717) is 24.5 Å². The third-order valence-corrected chi connectivity index (χ3v) is 4.48. The minimum atomic E-state index is -0.963. The summed E-state index contributed by atoms with van der Waals surface area (Å²) in [7, 11) is 0. The summed E-state index contributed by atoms with van der Waals surface area (Å²) in [6, 6.07) is 10.2. The second-order valence-electron chi connectivity index (χ2n) is 6.34. The summed E-state index contributed by atoms with van der Waals surface area (Å²) in [5.41, 5.74) is 1.72. The Labute approximate surface area is 146 Å². The molecular weight excluding hydrogens is 321 g/mol. The Morgan fingerprint density at radius 1 is 1.16 bits per heavy atom. The number of carboxylic acid groups (broad SMARTS) is 1. The van der Waals surface area contributed by atoms with Gasteiger partial charge in [-0.1, -0.05) is 18.2 Å². The molecule has 5 nitrogen and oxygen atoms in total. The monoisotopic (exact) mass is 343 g/mol. The van der Waals surface area contributed by atoms with Gasteiger partial charge in [0.1, 0.15) is 17.2 Å². The highest BCUT2D eigenvalue weighted by molar-refractivity contribution is 5.93. The van der Waals surface area contributed by atoms with Gasteiger partial charge in [0, 0.05) is 44.0 Å². The van der Waals surface area contributed by atoms with E-state index >= 15 is 0 Å². The maximum absolute atomic E-state index is 13.9. The van der Waals surface area contributed by atoms with Crippen molar-refractivity contribution in [3.05, 3.63) is 59.0 Å². The van der Waals surface area contributed by atoms with Gasteiger partial charge in [0.05, 0.1) is 0 Å². The highest BCUT2D eigenvalue weighted by Crippen LogP contribution is 2.21. The Morgan fingerprint density at radius 2 is 1.96 bits per heavy atom. The van der Waals surface area contributed by atoms with Crippen molar-refractivity contribution < 1.29 is 14.3 Å². The quantitative estimate of drug-likeness (QED) is 0.925. The van der Waals surface area contributed by atoms with Crippen LogP contribution in [0, 0.1) is 12.7 Å². The van der Waals surface area contributed by atoms with E-state index in [9.17, 15) is 14.3 Å². The van der Waals surface area contributed by atoms with Crippen molar-refractivity contribution in [3.8, 4) is 0 Å². The lowest BCUT2D eigenvalue weighted by molar-refractivity contribution is 0.0697. The van der Waals surface area contributed by atoms with Crippen LogP contribution >= 0.6 is 0 Å². The molecule has 3 rings (SSSR count). The molecule has 2 heterocycles. The van der Waals surface area contributed by atoms with Crippen LogP contribution in [0.2, 0.25) is 0 Å². The van der Waals surface area contributed by atoms with Crippen molar-refractivity contribution >= 4 is 11.8 Å². The maximum atomic E-state index is 13.9. The van der Waals surface area contributed by atoms with Gasteiger partial charge in [0.15, 0.2) is 0 Å². The van der Waals surface area contributed by atoms with Crippen molar-refractivity contribution in [2.24, 2.45) is 0 Å². The van der Waals surface area contributed by atoms with Gasteiger partial charge in [0.2, 0.25) is 0 Å². The number of anilines is 1. The topological polar surface area (TPSA) is 56.7 Å². The van der Waals surface area contributed by atoms with Crippen molar-refractivity contribution in [2.45, 2.75) is 19.9 Å². The number of carbonyl (C=O) groups is 1. The Bertz CT molecular complexity index is 766. The standard InChI is InChI=1S/C19H22FN3O2/c1-14-7-8-16(19(24)25)18(21-14)23-10-4-9-22(11-12-23)13-15-5-2-3-6-17(15)20/h2-3,5-8H,4,9-13H2,1H3,(H,24,25). The fraction of sp³-hybridized carbons (Fsp3) is 0.368. The van der Waals surface area contributed by atoms with Crippen molar-refractivity contribution in [3.63, 3.8) is 0 Å². The number of aryl methyl sites for hydroxylation is 1. The van der Waals surface area contributed by atoms with Gasteiger partial charge in [-0.3, -0.25) is 4.90 Å². The van der Waals surface area contributed by atoms with Crippen LogP contribution in [0.4, 0.5) is 10.2 Å². The van der Waals surface area contributed by atoms with Crippen LogP contribution in [0.15, 0.2) is 36.4 Å². The Morgan fingerprint density at radius 3 is 2.72 bits per heavy atom. The molecule has 2 aromatic rings. The lowest BCUT2D eigenvalue weighted by Gasteiger charge is -2.24. The van der Waals surface area contributed by atoms with Gasteiger partial charge in [0.25, 0.3) is 0 Å². The molecule has 0 atom stereocenters. The van der Waals surface area contributed by atoms with Crippen LogP contribution < -0.4 is 4.90 Å². The molecule has 0 amide bonds. The maximum Gasteiger partial charge on any atom is 0.339 e. The van der Waals surface area contributed by atoms with Gasteiger partial charge in [-0.2, -0.15) is 0 Å². The first kappa shape index (κ1) is 17.4. The van der Waals surface area contributed by atoms with Crippen LogP contribution in [0.5, 0.6) is 0 Å².